The number of hydrogen-bond donors (Lipinski definition) is 3. The summed E-state index contributed by atoms with van der Waals surface area (Å²) in [6, 6.07) is 39.0. The smallest absolute Gasteiger partial charge is 0.340 e. The number of esters is 2. The van der Waals surface area contributed by atoms with Gasteiger partial charge in [0.15, 0.2) is 17.8 Å². The van der Waals surface area contributed by atoms with Crippen LogP contribution in [0.4, 0.5) is 0 Å². The number of carbonyl (C=O) groups excluding carboxylic acids is 2. The number of methoxy groups -OCH3 is 1. The summed E-state index contributed by atoms with van der Waals surface area (Å²) in [5.41, 5.74) is 6.95. The van der Waals surface area contributed by atoms with Gasteiger partial charge in [-0.15, -0.1) is 0 Å². The second kappa shape index (κ2) is 23.4. The lowest BCUT2D eigenvalue weighted by molar-refractivity contribution is -0.194. The fourth-order valence-corrected chi connectivity index (χ4v) is 12.3. The molecule has 11 heteroatoms. The van der Waals surface area contributed by atoms with Crippen LogP contribution in [0.1, 0.15) is 131 Å². The molecule has 0 radical (unpaired) electrons. The molecule has 0 saturated carbocycles. The number of aryl methyl sites for hydroxylation is 2. The molecule has 6 aromatic rings. The predicted molar refractivity (Wildman–Crippen MR) is 290 cm³/mol. The van der Waals surface area contributed by atoms with E-state index >= 15 is 9.59 Å². The minimum Gasteiger partial charge on any atom is -0.482 e. The Hall–Kier alpha value is -7.07. The number of benzene rings is 5. The maximum Gasteiger partial charge on any atom is 0.340 e. The van der Waals surface area contributed by atoms with E-state index in [9.17, 15) is 20.1 Å². The van der Waals surface area contributed by atoms with Gasteiger partial charge in [0, 0.05) is 60.8 Å². The molecule has 0 saturated heterocycles. The second-order valence-corrected chi connectivity index (χ2v) is 21.0. The first kappa shape index (κ1) is 52.4. The average Bonchev–Trinajstić information content (AvgIpc) is 3.42. The molecule has 76 heavy (non-hydrogen) atoms. The van der Waals surface area contributed by atoms with E-state index in [0.717, 1.165) is 34.2 Å². The van der Waals surface area contributed by atoms with Crippen molar-refractivity contribution in [1.29, 1.82) is 0 Å². The molecule has 0 spiro atoms. The third kappa shape index (κ3) is 11.0. The second-order valence-electron chi connectivity index (χ2n) is 21.0. The summed E-state index contributed by atoms with van der Waals surface area (Å²) >= 11 is 0. The van der Waals surface area contributed by atoms with Crippen LogP contribution < -0.4 is 10.4 Å². The molecule has 3 aliphatic heterocycles. The lowest BCUT2D eigenvalue weighted by atomic mass is 9.71. The van der Waals surface area contributed by atoms with Gasteiger partial charge in [0.05, 0.1) is 31.8 Å². The maximum atomic E-state index is 15.5. The van der Waals surface area contributed by atoms with E-state index in [0.29, 0.717) is 49.5 Å². The van der Waals surface area contributed by atoms with Crippen LogP contribution in [0.15, 0.2) is 148 Å². The maximum absolute atomic E-state index is 15.5. The Morgan fingerprint density at radius 2 is 1.63 bits per heavy atom. The molecule has 5 aromatic carbocycles. The third-order valence-electron chi connectivity index (χ3n) is 16.1. The molecule has 0 fully saturated rings. The van der Waals surface area contributed by atoms with Crippen LogP contribution in [0.3, 0.4) is 0 Å². The molecule has 4 heterocycles. The van der Waals surface area contributed by atoms with Gasteiger partial charge in [-0.05, 0) is 126 Å². The van der Waals surface area contributed by atoms with Gasteiger partial charge in [0.2, 0.25) is 0 Å². The van der Waals surface area contributed by atoms with E-state index in [1.807, 2.05) is 24.3 Å². The zero-order chi connectivity index (χ0) is 52.8. The molecule has 1 aromatic heterocycles. The number of aliphatic hydroxyl groups excluding tert-OH is 3. The summed E-state index contributed by atoms with van der Waals surface area (Å²) in [7, 11) is 1.50. The molecule has 10 rings (SSSR count). The molecular weight excluding hydrogens is 957 g/mol. The molecule has 5 bridgehead atoms. The zero-order valence-corrected chi connectivity index (χ0v) is 43.3. The summed E-state index contributed by atoms with van der Waals surface area (Å²) < 4.78 is 32.9. The molecule has 3 N–H and O–H groups in total. The van der Waals surface area contributed by atoms with E-state index in [1.165, 1.54) is 18.2 Å². The highest BCUT2D eigenvalue weighted by Crippen LogP contribution is 2.52. The van der Waals surface area contributed by atoms with Crippen LogP contribution in [0, 0.1) is 17.8 Å². The summed E-state index contributed by atoms with van der Waals surface area (Å²) in [6.07, 6.45) is 6.09. The molecule has 392 valence electrons. The predicted octanol–water partition coefficient (Wildman–Crippen LogP) is 10.4. The minimum absolute atomic E-state index is 0.00810. The van der Waals surface area contributed by atoms with E-state index < -0.39 is 47.9 Å². The van der Waals surface area contributed by atoms with Gasteiger partial charge in [-0.1, -0.05) is 127 Å². The first-order valence-electron chi connectivity index (χ1n) is 26.7. The standard InChI is InChI=1S/C65H66O11/c1-41(38-67)51-24-21-44-22-25-52-48(34-44)19-9-10-30-65(31-12-18-42-13-5-3-6-14-42)62(75-63(51)70)61(59-56(76-65)28-27-54-55(39-68)58(64(71)74-60(54)59)49(29-32-66)40-72-2)73-57(69)37-50-36-47(23-26-53(50)52)46-20-11-17-45(35-46)33-43-15-7-4-8-16-43/h3-8,11,13-17,20,22-23,25-28,34-35,47,49-50,53,61-62,66-68H,12,18-19,21,24,29-33,36-40H2,1-2H3. The van der Waals surface area contributed by atoms with Gasteiger partial charge in [-0.2, -0.15) is 0 Å². The van der Waals surface area contributed by atoms with Crippen LogP contribution in [0.25, 0.3) is 11.0 Å². The van der Waals surface area contributed by atoms with E-state index in [1.54, 1.807) is 19.1 Å². The molecule has 11 nitrogen and oxygen atoms in total. The van der Waals surface area contributed by atoms with Crippen molar-refractivity contribution in [3.63, 3.8) is 0 Å². The van der Waals surface area contributed by atoms with Gasteiger partial charge in [-0.3, -0.25) is 4.79 Å². The Balaban J connectivity index is 1.16. The fraction of sp³-hybridized carbons (Fsp3) is 0.369. The molecular formula is C65H66O11. The summed E-state index contributed by atoms with van der Waals surface area (Å²) in [5.74, 6) is 4.97. The summed E-state index contributed by atoms with van der Waals surface area (Å²) in [6.45, 7) is 0.595. The number of carbonyl (C=O) groups is 2. The van der Waals surface area contributed by atoms with Crippen molar-refractivity contribution < 1.29 is 48.3 Å². The van der Waals surface area contributed by atoms with E-state index in [2.05, 4.69) is 103 Å². The van der Waals surface area contributed by atoms with E-state index in [4.69, 9.17) is 23.4 Å². The number of hydrogen-bond acceptors (Lipinski definition) is 11. The number of fused-ring (bicyclic) bond motifs is 9. The van der Waals surface area contributed by atoms with Crippen molar-refractivity contribution in [3.05, 3.63) is 205 Å². The quantitative estimate of drug-likeness (QED) is 0.0313. The summed E-state index contributed by atoms with van der Waals surface area (Å²) in [4.78, 5) is 45.1. The highest BCUT2D eigenvalue weighted by molar-refractivity contribution is 5.90. The number of aliphatic hydroxyl groups is 3. The minimum atomic E-state index is -1.42. The van der Waals surface area contributed by atoms with Crippen molar-refractivity contribution in [2.24, 2.45) is 5.92 Å². The van der Waals surface area contributed by atoms with Crippen molar-refractivity contribution in [2.45, 2.75) is 120 Å². The summed E-state index contributed by atoms with van der Waals surface area (Å²) in [5, 5.41) is 32.2. The first-order chi connectivity index (χ1) is 37.1. The molecule has 0 amide bonds. The topological polar surface area (TPSA) is 162 Å². The van der Waals surface area contributed by atoms with Gasteiger partial charge < -0.3 is 38.7 Å². The van der Waals surface area contributed by atoms with Crippen molar-refractivity contribution in [2.75, 3.05) is 26.9 Å². The van der Waals surface area contributed by atoms with E-state index in [-0.39, 0.29) is 96.9 Å². The zero-order valence-electron chi connectivity index (χ0n) is 43.3. The average molecular weight is 1020 g/mol. The van der Waals surface area contributed by atoms with Crippen molar-refractivity contribution in [1.82, 2.24) is 0 Å². The van der Waals surface area contributed by atoms with Gasteiger partial charge in [0.25, 0.3) is 0 Å². The highest BCUT2D eigenvalue weighted by Gasteiger charge is 2.55. The van der Waals surface area contributed by atoms with Gasteiger partial charge in [-0.25, -0.2) is 9.59 Å². The van der Waals surface area contributed by atoms with Crippen LogP contribution in [-0.2, 0) is 56.1 Å². The first-order valence-corrected chi connectivity index (χ1v) is 26.7. The molecule has 7 atom stereocenters. The number of allylic oxidation sites excluding steroid dienone is 2. The number of ether oxygens (including phenoxy) is 4. The normalized spacial score (nSPS) is 23.1. The Morgan fingerprint density at radius 3 is 2.39 bits per heavy atom. The Kier molecular flexibility index (Phi) is 16.2. The third-order valence-corrected chi connectivity index (χ3v) is 16.1. The fourth-order valence-electron chi connectivity index (χ4n) is 12.3. The van der Waals surface area contributed by atoms with Gasteiger partial charge in [0.1, 0.15) is 11.3 Å². The monoisotopic (exact) mass is 1020 g/mol. The molecule has 1 aliphatic carbocycles. The number of rotatable bonds is 14. The van der Waals surface area contributed by atoms with Gasteiger partial charge >= 0.3 is 17.6 Å². The molecule has 4 aliphatic rings. The van der Waals surface area contributed by atoms with Crippen molar-refractivity contribution in [3.8, 4) is 17.6 Å². The highest BCUT2D eigenvalue weighted by atomic mass is 16.6. The van der Waals surface area contributed by atoms with Crippen LogP contribution in [0.5, 0.6) is 5.75 Å². The lowest BCUT2D eigenvalue weighted by Crippen LogP contribution is -2.56. The Labute approximate surface area is 444 Å². The molecule has 7 unspecified atom stereocenters. The SMILES string of the molecule is COCC(CCO)c1c(CO)c2ccc3c(c2oc1=O)C1OC(=O)CC2CC(c4cccc(Cc5ccccc5)c4)C=CC2c2ccc4cc2CC#CCC(CCCc2ccccc2)(O3)C1OC(=O)C(=C(C)CO)CC4. The Bertz CT molecular complexity index is 3260. The lowest BCUT2D eigenvalue weighted by Gasteiger charge is -2.47. The van der Waals surface area contributed by atoms with Crippen molar-refractivity contribution >= 4 is 22.9 Å². The largest absolute Gasteiger partial charge is 0.482 e. The van der Waals surface area contributed by atoms with Crippen LogP contribution in [0.2, 0.25) is 0 Å². The van der Waals surface area contributed by atoms with Crippen LogP contribution in [-0.4, -0.2) is 65.9 Å². The Morgan fingerprint density at radius 1 is 0.842 bits per heavy atom. The van der Waals surface area contributed by atoms with Crippen LogP contribution >= 0.6 is 0 Å².